The number of ether oxygens (including phenoxy) is 2. The normalized spacial score (nSPS) is 19.6. The molecule has 1 fully saturated rings. The van der Waals surface area contributed by atoms with Gasteiger partial charge in [-0.1, -0.05) is 12.1 Å². The Balaban J connectivity index is 1.72. The zero-order valence-corrected chi connectivity index (χ0v) is 14.5. The van der Waals surface area contributed by atoms with Gasteiger partial charge in [0.25, 0.3) is 0 Å². The average molecular weight is 341 g/mol. The molecule has 1 atom stereocenters. The van der Waals surface area contributed by atoms with E-state index in [2.05, 4.69) is 9.97 Å². The van der Waals surface area contributed by atoms with Gasteiger partial charge in [0.15, 0.2) is 11.4 Å². The van der Waals surface area contributed by atoms with Crippen molar-refractivity contribution in [3.8, 4) is 11.3 Å². The number of fused-ring (bicyclic) bond motifs is 1. The Morgan fingerprint density at radius 2 is 2.16 bits per heavy atom. The molecule has 0 aliphatic carbocycles. The lowest BCUT2D eigenvalue weighted by molar-refractivity contribution is -0.138. The predicted molar refractivity (Wildman–Crippen MR) is 91.7 cm³/mol. The van der Waals surface area contributed by atoms with Gasteiger partial charge in [0.1, 0.15) is 11.5 Å². The molecule has 0 bridgehead atoms. The molecule has 2 aromatic heterocycles. The quantitative estimate of drug-likeness (QED) is 0.731. The minimum Gasteiger partial charge on any atom is -0.348 e. The lowest BCUT2D eigenvalue weighted by Crippen LogP contribution is -2.22. The molecule has 0 N–H and O–H groups in total. The highest BCUT2D eigenvalue weighted by Gasteiger charge is 2.33. The first-order valence-corrected chi connectivity index (χ1v) is 8.33. The zero-order valence-electron chi connectivity index (χ0n) is 14.5. The maximum atomic E-state index is 15.2. The highest BCUT2D eigenvalue weighted by molar-refractivity contribution is 5.74. The Morgan fingerprint density at radius 1 is 1.32 bits per heavy atom. The smallest absolute Gasteiger partial charge is 0.163 e. The monoisotopic (exact) mass is 341 g/mol. The molecule has 1 aliphatic rings. The van der Waals surface area contributed by atoms with Gasteiger partial charge in [-0.05, 0) is 32.4 Å². The number of halogens is 1. The van der Waals surface area contributed by atoms with Gasteiger partial charge in [0.2, 0.25) is 0 Å². The molecule has 1 unspecified atom stereocenters. The maximum Gasteiger partial charge on any atom is 0.163 e. The third kappa shape index (κ3) is 2.92. The standard InChI is InChI=1S/C19H20FN3O2/c1-12-10-22-18-17(21-7-8-23(12)18)15-6-4-5-13(16(15)20)9-14-11-24-19(2,3)25-14/h4-8,10,14H,9,11H2,1-3H3. The number of benzene rings is 1. The van der Waals surface area contributed by atoms with Crippen LogP contribution in [0, 0.1) is 12.7 Å². The fourth-order valence-electron chi connectivity index (χ4n) is 3.26. The highest BCUT2D eigenvalue weighted by Crippen LogP contribution is 2.30. The average Bonchev–Trinajstić information content (AvgIpc) is 3.12. The molecule has 25 heavy (non-hydrogen) atoms. The molecule has 0 amide bonds. The van der Waals surface area contributed by atoms with Crippen LogP contribution < -0.4 is 0 Å². The summed E-state index contributed by atoms with van der Waals surface area (Å²) in [5.74, 6) is -0.892. The van der Waals surface area contributed by atoms with Crippen molar-refractivity contribution < 1.29 is 13.9 Å². The van der Waals surface area contributed by atoms with Gasteiger partial charge in [0, 0.05) is 36.3 Å². The Bertz CT molecular complexity index is 936. The minimum atomic E-state index is -0.612. The fourth-order valence-corrected chi connectivity index (χ4v) is 3.26. The van der Waals surface area contributed by atoms with Gasteiger partial charge in [-0.15, -0.1) is 0 Å². The molecule has 1 aliphatic heterocycles. The van der Waals surface area contributed by atoms with E-state index in [4.69, 9.17) is 9.47 Å². The zero-order chi connectivity index (χ0) is 17.6. The van der Waals surface area contributed by atoms with Crippen LogP contribution in [0.3, 0.4) is 0 Å². The van der Waals surface area contributed by atoms with Crippen molar-refractivity contribution in [1.82, 2.24) is 14.4 Å². The third-order valence-electron chi connectivity index (χ3n) is 4.46. The van der Waals surface area contributed by atoms with Crippen LogP contribution in [0.2, 0.25) is 0 Å². The number of hydrogen-bond acceptors (Lipinski definition) is 4. The summed E-state index contributed by atoms with van der Waals surface area (Å²) in [6.45, 7) is 6.15. The summed E-state index contributed by atoms with van der Waals surface area (Å²) in [5.41, 5.74) is 3.22. The SMILES string of the molecule is Cc1cnc2c(-c3cccc(CC4COC(C)(C)O4)c3F)nccn12. The van der Waals surface area contributed by atoms with Crippen molar-refractivity contribution in [2.75, 3.05) is 6.61 Å². The van der Waals surface area contributed by atoms with Crippen molar-refractivity contribution in [2.45, 2.75) is 39.1 Å². The van der Waals surface area contributed by atoms with Crippen LogP contribution in [-0.2, 0) is 15.9 Å². The van der Waals surface area contributed by atoms with Gasteiger partial charge in [-0.25, -0.2) is 9.37 Å². The van der Waals surface area contributed by atoms with Crippen molar-refractivity contribution >= 4 is 5.65 Å². The lowest BCUT2D eigenvalue weighted by atomic mass is 10.0. The van der Waals surface area contributed by atoms with Crippen LogP contribution >= 0.6 is 0 Å². The number of imidazole rings is 1. The van der Waals surface area contributed by atoms with Gasteiger partial charge in [0.05, 0.1) is 12.7 Å². The van der Waals surface area contributed by atoms with Crippen molar-refractivity contribution in [3.05, 3.63) is 53.9 Å². The van der Waals surface area contributed by atoms with Gasteiger partial charge in [-0.2, -0.15) is 0 Å². The van der Waals surface area contributed by atoms with E-state index < -0.39 is 5.79 Å². The van der Waals surface area contributed by atoms with Crippen LogP contribution in [0.4, 0.5) is 4.39 Å². The molecule has 3 heterocycles. The second kappa shape index (κ2) is 5.89. The summed E-state index contributed by atoms with van der Waals surface area (Å²) in [6.07, 6.45) is 5.55. The van der Waals surface area contributed by atoms with Crippen molar-refractivity contribution in [2.24, 2.45) is 0 Å². The van der Waals surface area contributed by atoms with E-state index >= 15 is 4.39 Å². The Labute approximate surface area is 145 Å². The van der Waals surface area contributed by atoms with E-state index in [1.165, 1.54) is 0 Å². The Kier molecular flexibility index (Phi) is 3.81. The number of nitrogens with zero attached hydrogens (tertiary/aromatic N) is 3. The lowest BCUT2D eigenvalue weighted by Gasteiger charge is -2.17. The van der Waals surface area contributed by atoms with Gasteiger partial charge in [-0.3, -0.25) is 4.98 Å². The third-order valence-corrected chi connectivity index (χ3v) is 4.46. The van der Waals surface area contributed by atoms with Crippen LogP contribution in [0.5, 0.6) is 0 Å². The van der Waals surface area contributed by atoms with Crippen LogP contribution in [0.15, 0.2) is 36.8 Å². The summed E-state index contributed by atoms with van der Waals surface area (Å²) < 4.78 is 28.4. The molecule has 4 rings (SSSR count). The van der Waals surface area contributed by atoms with Crippen molar-refractivity contribution in [3.63, 3.8) is 0 Å². The molecule has 130 valence electrons. The molecule has 0 radical (unpaired) electrons. The van der Waals surface area contributed by atoms with E-state index in [1.807, 2.05) is 37.4 Å². The first-order chi connectivity index (χ1) is 11.9. The largest absolute Gasteiger partial charge is 0.348 e. The fraction of sp³-hybridized carbons (Fsp3) is 0.368. The number of aryl methyl sites for hydroxylation is 1. The van der Waals surface area contributed by atoms with Gasteiger partial charge < -0.3 is 13.9 Å². The van der Waals surface area contributed by atoms with E-state index in [-0.39, 0.29) is 11.9 Å². The van der Waals surface area contributed by atoms with Crippen molar-refractivity contribution in [1.29, 1.82) is 0 Å². The summed E-state index contributed by atoms with van der Waals surface area (Å²) >= 11 is 0. The van der Waals surface area contributed by atoms with Gasteiger partial charge >= 0.3 is 0 Å². The number of aromatic nitrogens is 3. The van der Waals surface area contributed by atoms with E-state index in [0.29, 0.717) is 35.5 Å². The molecular formula is C19H20FN3O2. The molecule has 6 heteroatoms. The van der Waals surface area contributed by atoms with Crippen LogP contribution in [-0.4, -0.2) is 32.9 Å². The number of rotatable bonds is 3. The van der Waals surface area contributed by atoms with E-state index in [0.717, 1.165) is 5.69 Å². The molecule has 5 nitrogen and oxygen atoms in total. The predicted octanol–water partition coefficient (Wildman–Crippen LogP) is 3.54. The summed E-state index contributed by atoms with van der Waals surface area (Å²) in [4.78, 5) is 8.74. The molecule has 0 spiro atoms. The van der Waals surface area contributed by atoms with E-state index in [9.17, 15) is 0 Å². The second-order valence-electron chi connectivity index (χ2n) is 6.80. The van der Waals surface area contributed by atoms with Crippen LogP contribution in [0.1, 0.15) is 25.1 Å². The first-order valence-electron chi connectivity index (χ1n) is 8.33. The first kappa shape index (κ1) is 16.2. The molecule has 1 saturated heterocycles. The number of hydrogen-bond donors (Lipinski definition) is 0. The molecule has 0 saturated carbocycles. The Morgan fingerprint density at radius 3 is 2.92 bits per heavy atom. The summed E-state index contributed by atoms with van der Waals surface area (Å²) in [5, 5.41) is 0. The summed E-state index contributed by atoms with van der Waals surface area (Å²) in [6, 6.07) is 5.36. The topological polar surface area (TPSA) is 48.7 Å². The molecular weight excluding hydrogens is 321 g/mol. The Hall–Kier alpha value is -2.31. The maximum absolute atomic E-state index is 15.2. The van der Waals surface area contributed by atoms with Crippen LogP contribution in [0.25, 0.3) is 16.9 Å². The minimum absolute atomic E-state index is 0.155. The molecule has 1 aromatic carbocycles. The summed E-state index contributed by atoms with van der Waals surface area (Å²) in [7, 11) is 0. The second-order valence-corrected chi connectivity index (χ2v) is 6.80. The van der Waals surface area contributed by atoms with E-state index in [1.54, 1.807) is 24.5 Å². The highest BCUT2D eigenvalue weighted by atomic mass is 19.1. The molecule has 3 aromatic rings.